The molecule has 1 aromatic heterocycles. The third-order valence-electron chi connectivity index (χ3n) is 4.51. The normalized spacial score (nSPS) is 25.8. The Hall–Kier alpha value is -0.900. The molecule has 3 rings (SSSR count). The number of nitrogens with one attached hydrogen (secondary N) is 2. The summed E-state index contributed by atoms with van der Waals surface area (Å²) in [4.78, 5) is 8.68. The number of aromatic nitrogens is 2. The van der Waals surface area contributed by atoms with Crippen molar-refractivity contribution in [2.24, 2.45) is 4.99 Å². The van der Waals surface area contributed by atoms with Crippen molar-refractivity contribution in [3.05, 3.63) is 11.7 Å². The first-order valence-corrected chi connectivity index (χ1v) is 8.61. The van der Waals surface area contributed by atoms with E-state index >= 15 is 0 Å². The number of aryl methyl sites for hydroxylation is 1. The third kappa shape index (κ3) is 4.81. The monoisotopic (exact) mass is 449 g/mol. The molecule has 8 heteroatoms. The zero-order valence-electron chi connectivity index (χ0n) is 14.6. The van der Waals surface area contributed by atoms with Crippen LogP contribution in [0, 0.1) is 0 Å². The molecule has 2 fully saturated rings. The number of guanidine groups is 1. The van der Waals surface area contributed by atoms with Crippen LogP contribution in [0.1, 0.15) is 57.2 Å². The zero-order chi connectivity index (χ0) is 16.2. The predicted octanol–water partition coefficient (Wildman–Crippen LogP) is 2.23. The Kier molecular flexibility index (Phi) is 7.27. The quantitative estimate of drug-likeness (QED) is 0.300. The number of hydrogen-bond donors (Lipinski definition) is 2. The molecule has 2 N–H and O–H groups in total. The van der Waals surface area contributed by atoms with Gasteiger partial charge in [-0.3, -0.25) is 4.99 Å². The van der Waals surface area contributed by atoms with Gasteiger partial charge in [0.05, 0.1) is 18.2 Å². The van der Waals surface area contributed by atoms with Gasteiger partial charge in [0.2, 0.25) is 5.89 Å². The van der Waals surface area contributed by atoms with E-state index in [1.165, 1.54) is 6.42 Å². The Labute approximate surface area is 160 Å². The van der Waals surface area contributed by atoms with Crippen molar-refractivity contribution in [1.29, 1.82) is 0 Å². The molecule has 0 saturated carbocycles. The van der Waals surface area contributed by atoms with Crippen molar-refractivity contribution < 1.29 is 9.26 Å². The molecule has 3 heterocycles. The molecule has 3 atom stereocenters. The summed E-state index contributed by atoms with van der Waals surface area (Å²) < 4.78 is 11.1. The van der Waals surface area contributed by atoms with Gasteiger partial charge in [-0.2, -0.15) is 4.98 Å². The van der Waals surface area contributed by atoms with Gasteiger partial charge in [-0.15, -0.1) is 24.0 Å². The van der Waals surface area contributed by atoms with E-state index in [9.17, 15) is 0 Å². The van der Waals surface area contributed by atoms with Crippen molar-refractivity contribution in [3.8, 4) is 0 Å². The Bertz CT molecular complexity index is 548. The van der Waals surface area contributed by atoms with Gasteiger partial charge in [-0.1, -0.05) is 19.0 Å². The SMILES string of the molecule is CN=C(NCCCc1nc(C(C)C)no1)NC1CC2CCC1O2.I. The molecule has 1 aromatic rings. The van der Waals surface area contributed by atoms with Crippen molar-refractivity contribution in [2.45, 2.75) is 70.1 Å². The van der Waals surface area contributed by atoms with E-state index in [0.717, 1.165) is 44.0 Å². The maximum Gasteiger partial charge on any atom is 0.226 e. The van der Waals surface area contributed by atoms with E-state index in [0.29, 0.717) is 30.1 Å². The van der Waals surface area contributed by atoms with E-state index in [1.807, 2.05) is 0 Å². The third-order valence-corrected chi connectivity index (χ3v) is 4.51. The highest BCUT2D eigenvalue weighted by molar-refractivity contribution is 14.0. The minimum atomic E-state index is 0. The number of aliphatic imine (C=N–C) groups is 1. The second kappa shape index (κ2) is 8.98. The fourth-order valence-electron chi connectivity index (χ4n) is 3.21. The van der Waals surface area contributed by atoms with Gasteiger partial charge in [0, 0.05) is 25.9 Å². The van der Waals surface area contributed by atoms with Crippen LogP contribution in [-0.2, 0) is 11.2 Å². The lowest BCUT2D eigenvalue weighted by atomic mass is 9.96. The highest BCUT2D eigenvalue weighted by Gasteiger charge is 2.41. The molecule has 2 bridgehead atoms. The summed E-state index contributed by atoms with van der Waals surface area (Å²) in [6, 6.07) is 0.393. The van der Waals surface area contributed by atoms with E-state index < -0.39 is 0 Å². The van der Waals surface area contributed by atoms with Gasteiger partial charge in [-0.25, -0.2) is 0 Å². The maximum absolute atomic E-state index is 5.86. The van der Waals surface area contributed by atoms with Gasteiger partial charge >= 0.3 is 0 Å². The fraction of sp³-hybridized carbons (Fsp3) is 0.812. The average Bonchev–Trinajstić information content (AvgIpc) is 3.26. The Morgan fingerprint density at radius 1 is 1.38 bits per heavy atom. The predicted molar refractivity (Wildman–Crippen MR) is 103 cm³/mol. The Morgan fingerprint density at radius 2 is 2.21 bits per heavy atom. The molecular formula is C16H28IN5O2. The first-order valence-electron chi connectivity index (χ1n) is 8.61. The number of rotatable bonds is 6. The van der Waals surface area contributed by atoms with Gasteiger partial charge in [0.25, 0.3) is 0 Å². The molecular weight excluding hydrogens is 421 g/mol. The fourth-order valence-corrected chi connectivity index (χ4v) is 3.21. The largest absolute Gasteiger partial charge is 0.373 e. The number of hydrogen-bond acceptors (Lipinski definition) is 5. The Morgan fingerprint density at radius 3 is 2.79 bits per heavy atom. The summed E-state index contributed by atoms with van der Waals surface area (Å²) in [5, 5.41) is 10.8. The molecule has 0 radical (unpaired) electrons. The van der Waals surface area contributed by atoms with E-state index in [-0.39, 0.29) is 24.0 Å². The van der Waals surface area contributed by atoms with Crippen LogP contribution < -0.4 is 10.6 Å². The lowest BCUT2D eigenvalue weighted by Crippen LogP contribution is -2.47. The van der Waals surface area contributed by atoms with E-state index in [1.54, 1.807) is 7.05 Å². The molecule has 0 spiro atoms. The molecule has 136 valence electrons. The van der Waals surface area contributed by atoms with Crippen molar-refractivity contribution in [2.75, 3.05) is 13.6 Å². The van der Waals surface area contributed by atoms with Crippen LogP contribution in [0.15, 0.2) is 9.52 Å². The van der Waals surface area contributed by atoms with Gasteiger partial charge < -0.3 is 19.9 Å². The second-order valence-corrected chi connectivity index (χ2v) is 6.66. The van der Waals surface area contributed by atoms with Crippen LogP contribution in [0.25, 0.3) is 0 Å². The maximum atomic E-state index is 5.86. The lowest BCUT2D eigenvalue weighted by molar-refractivity contribution is 0.0992. The molecule has 0 aromatic carbocycles. The number of halogens is 1. The molecule has 7 nitrogen and oxygen atoms in total. The van der Waals surface area contributed by atoms with Crippen molar-refractivity contribution >= 4 is 29.9 Å². The van der Waals surface area contributed by atoms with Crippen molar-refractivity contribution in [1.82, 2.24) is 20.8 Å². The van der Waals surface area contributed by atoms with E-state index in [2.05, 4.69) is 39.6 Å². The van der Waals surface area contributed by atoms with Crippen LogP contribution in [0.2, 0.25) is 0 Å². The standard InChI is InChI=1S/C16H27N5O2.HI/c1-10(2)15-20-14(23-21-15)5-4-8-18-16(17-3)19-12-9-11-6-7-13(12)22-11;/h10-13H,4-9H2,1-3H3,(H2,17,18,19);1H. The number of nitrogens with zero attached hydrogens (tertiary/aromatic N) is 3. The van der Waals surface area contributed by atoms with Crippen LogP contribution >= 0.6 is 24.0 Å². The molecule has 2 aliphatic rings. The lowest BCUT2D eigenvalue weighted by Gasteiger charge is -2.22. The van der Waals surface area contributed by atoms with Gasteiger partial charge in [0.1, 0.15) is 0 Å². The number of fused-ring (bicyclic) bond motifs is 2. The van der Waals surface area contributed by atoms with Crippen LogP contribution in [0.4, 0.5) is 0 Å². The zero-order valence-corrected chi connectivity index (χ0v) is 16.9. The topological polar surface area (TPSA) is 84.6 Å². The smallest absolute Gasteiger partial charge is 0.226 e. The van der Waals surface area contributed by atoms with Gasteiger partial charge in [0.15, 0.2) is 11.8 Å². The molecule has 2 aliphatic heterocycles. The average molecular weight is 449 g/mol. The number of ether oxygens (including phenoxy) is 1. The van der Waals surface area contributed by atoms with Crippen LogP contribution in [0.3, 0.4) is 0 Å². The van der Waals surface area contributed by atoms with Crippen LogP contribution in [0.5, 0.6) is 0 Å². The molecule has 0 amide bonds. The summed E-state index contributed by atoms with van der Waals surface area (Å²) >= 11 is 0. The summed E-state index contributed by atoms with van der Waals surface area (Å²) in [7, 11) is 1.80. The van der Waals surface area contributed by atoms with E-state index in [4.69, 9.17) is 9.26 Å². The summed E-state index contributed by atoms with van der Waals surface area (Å²) in [6.07, 6.45) is 5.96. The second-order valence-electron chi connectivity index (χ2n) is 6.66. The Balaban J connectivity index is 0.00000208. The highest BCUT2D eigenvalue weighted by atomic mass is 127. The van der Waals surface area contributed by atoms with Crippen molar-refractivity contribution in [3.63, 3.8) is 0 Å². The molecule has 24 heavy (non-hydrogen) atoms. The van der Waals surface area contributed by atoms with Crippen LogP contribution in [-0.4, -0.2) is 47.9 Å². The summed E-state index contributed by atoms with van der Waals surface area (Å²) in [6.45, 7) is 4.94. The van der Waals surface area contributed by atoms with Gasteiger partial charge in [-0.05, 0) is 25.7 Å². The summed E-state index contributed by atoms with van der Waals surface area (Å²) in [5.41, 5.74) is 0. The first-order chi connectivity index (χ1) is 11.2. The molecule has 0 aliphatic carbocycles. The minimum Gasteiger partial charge on any atom is -0.373 e. The highest BCUT2D eigenvalue weighted by Crippen LogP contribution is 2.34. The summed E-state index contributed by atoms with van der Waals surface area (Å²) in [5.74, 6) is 2.64. The first kappa shape index (κ1) is 19.4. The minimum absolute atomic E-state index is 0. The molecule has 2 saturated heterocycles. The molecule has 3 unspecified atom stereocenters.